The second-order valence-corrected chi connectivity index (χ2v) is 5.52. The first-order valence-electron chi connectivity index (χ1n) is 7.57. The lowest BCUT2D eigenvalue weighted by molar-refractivity contribution is 0.551. The predicted molar refractivity (Wildman–Crippen MR) is 83.6 cm³/mol. The average molecular weight is 263 g/mol. The first kappa shape index (κ1) is 16.0. The van der Waals surface area contributed by atoms with E-state index in [-0.39, 0.29) is 0 Å². The molecular formula is C16H29N3. The molecule has 108 valence electrons. The van der Waals surface area contributed by atoms with Gasteiger partial charge in [-0.25, -0.2) is 0 Å². The van der Waals surface area contributed by atoms with Gasteiger partial charge in [-0.05, 0) is 31.4 Å². The lowest BCUT2D eigenvalue weighted by atomic mass is 10.1. The van der Waals surface area contributed by atoms with Crippen molar-refractivity contribution in [2.24, 2.45) is 5.92 Å². The van der Waals surface area contributed by atoms with Crippen LogP contribution in [0.2, 0.25) is 0 Å². The second-order valence-electron chi connectivity index (χ2n) is 5.52. The molecule has 0 atom stereocenters. The van der Waals surface area contributed by atoms with Crippen LogP contribution >= 0.6 is 0 Å². The van der Waals surface area contributed by atoms with E-state index in [9.17, 15) is 0 Å². The van der Waals surface area contributed by atoms with Crippen LogP contribution in [0, 0.1) is 5.92 Å². The Morgan fingerprint density at radius 3 is 2.47 bits per heavy atom. The highest BCUT2D eigenvalue weighted by Crippen LogP contribution is 2.20. The van der Waals surface area contributed by atoms with E-state index in [0.717, 1.165) is 26.2 Å². The van der Waals surface area contributed by atoms with Gasteiger partial charge < -0.3 is 10.2 Å². The van der Waals surface area contributed by atoms with Crippen molar-refractivity contribution in [1.82, 2.24) is 10.3 Å². The zero-order chi connectivity index (χ0) is 14.1. The van der Waals surface area contributed by atoms with Crippen LogP contribution in [-0.2, 0) is 6.54 Å². The molecule has 0 fully saturated rings. The maximum atomic E-state index is 4.28. The molecule has 0 spiro atoms. The normalized spacial score (nSPS) is 11.0. The van der Waals surface area contributed by atoms with Gasteiger partial charge in [-0.15, -0.1) is 0 Å². The zero-order valence-corrected chi connectivity index (χ0v) is 12.9. The Hall–Kier alpha value is -1.09. The fraction of sp³-hybridized carbons (Fsp3) is 0.688. The van der Waals surface area contributed by atoms with E-state index in [1.807, 2.05) is 12.4 Å². The molecule has 0 aromatic carbocycles. The van der Waals surface area contributed by atoms with E-state index < -0.39 is 0 Å². The number of nitrogens with one attached hydrogen (secondary N) is 1. The Morgan fingerprint density at radius 1 is 1.21 bits per heavy atom. The van der Waals surface area contributed by atoms with Crippen LogP contribution in [-0.4, -0.2) is 24.6 Å². The Labute approximate surface area is 118 Å². The lowest BCUT2D eigenvalue weighted by Crippen LogP contribution is -2.27. The van der Waals surface area contributed by atoms with Gasteiger partial charge in [0.15, 0.2) is 0 Å². The highest BCUT2D eigenvalue weighted by molar-refractivity contribution is 5.52. The minimum absolute atomic E-state index is 0.683. The molecule has 0 aliphatic rings. The van der Waals surface area contributed by atoms with Crippen molar-refractivity contribution in [1.29, 1.82) is 0 Å². The maximum absolute atomic E-state index is 4.28. The topological polar surface area (TPSA) is 28.2 Å². The van der Waals surface area contributed by atoms with Crippen LogP contribution in [0.25, 0.3) is 0 Å². The summed E-state index contributed by atoms with van der Waals surface area (Å²) in [4.78, 5) is 6.76. The number of nitrogens with zero attached hydrogens (tertiary/aromatic N) is 2. The van der Waals surface area contributed by atoms with Crippen molar-refractivity contribution in [3.05, 3.63) is 24.0 Å². The Kier molecular flexibility index (Phi) is 7.49. The SMILES string of the molecule is CCCN(CCC)c1ccncc1CNCC(C)C. The summed E-state index contributed by atoms with van der Waals surface area (Å²) in [6.45, 7) is 13.1. The first-order chi connectivity index (χ1) is 9.19. The summed E-state index contributed by atoms with van der Waals surface area (Å²) < 4.78 is 0. The highest BCUT2D eigenvalue weighted by atomic mass is 15.1. The summed E-state index contributed by atoms with van der Waals surface area (Å²) >= 11 is 0. The van der Waals surface area contributed by atoms with Crippen LogP contribution in [0.5, 0.6) is 0 Å². The van der Waals surface area contributed by atoms with E-state index in [4.69, 9.17) is 0 Å². The van der Waals surface area contributed by atoms with E-state index in [1.165, 1.54) is 24.1 Å². The molecule has 1 heterocycles. The van der Waals surface area contributed by atoms with E-state index in [1.54, 1.807) is 0 Å². The minimum atomic E-state index is 0.683. The molecule has 3 nitrogen and oxygen atoms in total. The fourth-order valence-corrected chi connectivity index (χ4v) is 2.25. The van der Waals surface area contributed by atoms with E-state index in [0.29, 0.717) is 5.92 Å². The van der Waals surface area contributed by atoms with Gasteiger partial charge in [0, 0.05) is 43.3 Å². The smallest absolute Gasteiger partial charge is 0.0442 e. The zero-order valence-electron chi connectivity index (χ0n) is 12.9. The Bertz CT molecular complexity index is 344. The summed E-state index contributed by atoms with van der Waals surface area (Å²) in [7, 11) is 0. The molecule has 0 bridgehead atoms. The van der Waals surface area contributed by atoms with Crippen LogP contribution in [0.15, 0.2) is 18.5 Å². The van der Waals surface area contributed by atoms with E-state index >= 15 is 0 Å². The number of hydrogen-bond acceptors (Lipinski definition) is 3. The van der Waals surface area contributed by atoms with Crippen molar-refractivity contribution in [3.8, 4) is 0 Å². The van der Waals surface area contributed by atoms with Crippen molar-refractivity contribution >= 4 is 5.69 Å². The number of aromatic nitrogens is 1. The molecule has 0 saturated heterocycles. The van der Waals surface area contributed by atoms with Crippen LogP contribution in [0.4, 0.5) is 5.69 Å². The molecule has 0 amide bonds. The van der Waals surface area contributed by atoms with E-state index in [2.05, 4.69) is 49.0 Å². The maximum Gasteiger partial charge on any atom is 0.0442 e. The predicted octanol–water partition coefficient (Wildman–Crippen LogP) is 3.45. The average Bonchev–Trinajstić information content (AvgIpc) is 2.39. The van der Waals surface area contributed by atoms with Gasteiger partial charge in [0.1, 0.15) is 0 Å². The molecule has 19 heavy (non-hydrogen) atoms. The second kappa shape index (κ2) is 8.92. The summed E-state index contributed by atoms with van der Waals surface area (Å²) in [6, 6.07) is 2.15. The minimum Gasteiger partial charge on any atom is -0.371 e. The van der Waals surface area contributed by atoms with Gasteiger partial charge >= 0.3 is 0 Å². The molecule has 0 aliphatic heterocycles. The molecule has 1 aromatic heterocycles. The molecular weight excluding hydrogens is 234 g/mol. The summed E-state index contributed by atoms with van der Waals surface area (Å²) in [5.74, 6) is 0.683. The van der Waals surface area contributed by atoms with Gasteiger partial charge in [-0.2, -0.15) is 0 Å². The first-order valence-corrected chi connectivity index (χ1v) is 7.57. The van der Waals surface area contributed by atoms with Crippen LogP contribution < -0.4 is 10.2 Å². The quantitative estimate of drug-likeness (QED) is 0.739. The fourth-order valence-electron chi connectivity index (χ4n) is 2.25. The van der Waals surface area contributed by atoms with Crippen LogP contribution in [0.3, 0.4) is 0 Å². The van der Waals surface area contributed by atoms with Gasteiger partial charge in [-0.3, -0.25) is 4.98 Å². The van der Waals surface area contributed by atoms with Gasteiger partial charge in [0.2, 0.25) is 0 Å². The number of hydrogen-bond donors (Lipinski definition) is 1. The number of pyridine rings is 1. The molecule has 1 aromatic rings. The molecule has 0 radical (unpaired) electrons. The van der Waals surface area contributed by atoms with Crippen molar-refractivity contribution in [2.75, 3.05) is 24.5 Å². The summed E-state index contributed by atoms with van der Waals surface area (Å²) in [6.07, 6.45) is 6.27. The third-order valence-corrected chi connectivity index (χ3v) is 3.07. The van der Waals surface area contributed by atoms with Crippen molar-refractivity contribution < 1.29 is 0 Å². The van der Waals surface area contributed by atoms with Crippen LogP contribution in [0.1, 0.15) is 46.1 Å². The Morgan fingerprint density at radius 2 is 1.89 bits per heavy atom. The molecule has 1 N–H and O–H groups in total. The lowest BCUT2D eigenvalue weighted by Gasteiger charge is -2.26. The molecule has 0 saturated carbocycles. The van der Waals surface area contributed by atoms with Gasteiger partial charge in [0.25, 0.3) is 0 Å². The molecule has 0 unspecified atom stereocenters. The standard InChI is InChI=1S/C16H29N3/c1-5-9-19(10-6-2)16-7-8-17-12-15(16)13-18-11-14(3)4/h7-8,12,14,18H,5-6,9-11,13H2,1-4H3. The Balaban J connectivity index is 2.74. The number of rotatable bonds is 9. The summed E-state index contributed by atoms with van der Waals surface area (Å²) in [5.41, 5.74) is 2.65. The molecule has 0 aliphatic carbocycles. The van der Waals surface area contributed by atoms with Gasteiger partial charge in [-0.1, -0.05) is 27.7 Å². The largest absolute Gasteiger partial charge is 0.371 e. The van der Waals surface area contributed by atoms with Crippen molar-refractivity contribution in [2.45, 2.75) is 47.1 Å². The molecule has 1 rings (SSSR count). The summed E-state index contributed by atoms with van der Waals surface area (Å²) in [5, 5.41) is 3.51. The highest BCUT2D eigenvalue weighted by Gasteiger charge is 2.09. The molecule has 3 heteroatoms. The monoisotopic (exact) mass is 263 g/mol. The number of anilines is 1. The third kappa shape index (κ3) is 5.60. The third-order valence-electron chi connectivity index (χ3n) is 3.07. The van der Waals surface area contributed by atoms with Gasteiger partial charge in [0.05, 0.1) is 0 Å². The van der Waals surface area contributed by atoms with Crippen molar-refractivity contribution in [3.63, 3.8) is 0 Å².